The van der Waals surface area contributed by atoms with Crippen molar-refractivity contribution in [3.8, 4) is 28.2 Å². The Bertz CT molecular complexity index is 1390. The van der Waals surface area contributed by atoms with E-state index in [4.69, 9.17) is 0 Å². The minimum Gasteiger partial charge on any atom is -0.478 e. The molecule has 5 rings (SSSR count). The number of carboxylic acids is 2. The van der Waals surface area contributed by atoms with Crippen molar-refractivity contribution >= 4 is 27.9 Å². The van der Waals surface area contributed by atoms with E-state index in [9.17, 15) is 24.2 Å². The molecule has 3 heterocycles. The number of aromatic carboxylic acids is 2. The standard InChI is InChI=1S/C21H12BrFN4O4/c22-12-3-6-14-11(7-12)9-26-18(15-8-24-25-27(14)15)17(20(28)29)16(19(26)21(30)31)10-1-4-13(23)5-2-10/h1-8H,9H2,(H,28,29)(H,30,31). The molecule has 2 N–H and O–H groups in total. The number of fused-ring (bicyclic) bond motifs is 5. The van der Waals surface area contributed by atoms with Crippen molar-refractivity contribution in [2.45, 2.75) is 6.54 Å². The molecule has 0 saturated carbocycles. The van der Waals surface area contributed by atoms with E-state index in [2.05, 4.69) is 26.2 Å². The van der Waals surface area contributed by atoms with E-state index >= 15 is 0 Å². The first-order chi connectivity index (χ1) is 14.9. The number of rotatable bonds is 3. The monoisotopic (exact) mass is 482 g/mol. The van der Waals surface area contributed by atoms with Gasteiger partial charge in [0.25, 0.3) is 0 Å². The van der Waals surface area contributed by atoms with Crippen LogP contribution >= 0.6 is 15.9 Å². The molecule has 2 aromatic carbocycles. The fourth-order valence-corrected chi connectivity index (χ4v) is 4.41. The van der Waals surface area contributed by atoms with Crippen LogP contribution in [0.5, 0.6) is 0 Å². The Morgan fingerprint density at radius 2 is 1.81 bits per heavy atom. The fourth-order valence-electron chi connectivity index (χ4n) is 4.00. The van der Waals surface area contributed by atoms with Gasteiger partial charge in [-0.2, -0.15) is 0 Å². The van der Waals surface area contributed by atoms with E-state index in [1.807, 2.05) is 12.1 Å². The van der Waals surface area contributed by atoms with Gasteiger partial charge in [-0.3, -0.25) is 0 Å². The third-order valence-corrected chi connectivity index (χ3v) is 5.70. The molecule has 10 heteroatoms. The van der Waals surface area contributed by atoms with E-state index in [1.54, 1.807) is 6.07 Å². The smallest absolute Gasteiger partial charge is 0.353 e. The van der Waals surface area contributed by atoms with Gasteiger partial charge in [-0.1, -0.05) is 33.3 Å². The molecular weight excluding hydrogens is 471 g/mol. The quantitative estimate of drug-likeness (QED) is 0.401. The number of carboxylic acid groups (broad SMARTS) is 2. The zero-order valence-electron chi connectivity index (χ0n) is 15.6. The number of nitrogens with zero attached hydrogens (tertiary/aromatic N) is 4. The number of halogens is 2. The average Bonchev–Trinajstić information content (AvgIpc) is 3.28. The largest absolute Gasteiger partial charge is 0.478 e. The van der Waals surface area contributed by atoms with Crippen molar-refractivity contribution < 1.29 is 24.2 Å². The first-order valence-electron chi connectivity index (χ1n) is 9.05. The molecule has 1 aliphatic rings. The van der Waals surface area contributed by atoms with Crippen LogP contribution in [0.4, 0.5) is 4.39 Å². The predicted molar refractivity (Wildman–Crippen MR) is 111 cm³/mol. The summed E-state index contributed by atoms with van der Waals surface area (Å²) in [6.07, 6.45) is 1.40. The molecule has 0 amide bonds. The molecule has 8 nitrogen and oxygen atoms in total. The third-order valence-electron chi connectivity index (χ3n) is 5.20. The normalized spacial score (nSPS) is 11.9. The Morgan fingerprint density at radius 3 is 2.48 bits per heavy atom. The van der Waals surface area contributed by atoms with Gasteiger partial charge in [0.05, 0.1) is 29.7 Å². The van der Waals surface area contributed by atoms with E-state index in [1.165, 1.54) is 27.6 Å². The van der Waals surface area contributed by atoms with Crippen LogP contribution in [0.15, 0.2) is 53.1 Å². The molecule has 4 aromatic rings. The molecule has 0 atom stereocenters. The van der Waals surface area contributed by atoms with Gasteiger partial charge in [-0.15, -0.1) is 5.10 Å². The van der Waals surface area contributed by atoms with Gasteiger partial charge < -0.3 is 14.8 Å². The average molecular weight is 483 g/mol. The molecule has 154 valence electrons. The summed E-state index contributed by atoms with van der Waals surface area (Å²) >= 11 is 3.42. The molecule has 0 bridgehead atoms. The van der Waals surface area contributed by atoms with Crippen LogP contribution in [0.2, 0.25) is 0 Å². The number of hydrogen-bond acceptors (Lipinski definition) is 4. The van der Waals surface area contributed by atoms with Crippen molar-refractivity contribution in [2.75, 3.05) is 0 Å². The number of carbonyl (C=O) groups is 2. The highest BCUT2D eigenvalue weighted by Gasteiger charge is 2.35. The number of benzene rings is 2. The molecule has 2 aromatic heterocycles. The van der Waals surface area contributed by atoms with Gasteiger partial charge in [0.1, 0.15) is 17.2 Å². The van der Waals surface area contributed by atoms with Crippen LogP contribution in [0, 0.1) is 5.82 Å². The summed E-state index contributed by atoms with van der Waals surface area (Å²) in [4.78, 5) is 24.8. The summed E-state index contributed by atoms with van der Waals surface area (Å²) in [5, 5.41) is 28.2. The SMILES string of the molecule is O=C(O)c1c(-c2ccc(F)cc2)c(C(=O)O)n2c1-c1cnnn1-c1ccc(Br)cc1C2. The van der Waals surface area contributed by atoms with E-state index in [0.29, 0.717) is 11.4 Å². The van der Waals surface area contributed by atoms with Crippen molar-refractivity contribution in [1.29, 1.82) is 0 Å². The Morgan fingerprint density at radius 1 is 1.06 bits per heavy atom. The highest BCUT2D eigenvalue weighted by atomic mass is 79.9. The van der Waals surface area contributed by atoms with Gasteiger partial charge in [-0.25, -0.2) is 18.7 Å². The summed E-state index contributed by atoms with van der Waals surface area (Å²) in [6.45, 7) is 0.0938. The molecule has 0 spiro atoms. The maximum Gasteiger partial charge on any atom is 0.353 e. The maximum absolute atomic E-state index is 13.5. The van der Waals surface area contributed by atoms with Crippen LogP contribution in [0.3, 0.4) is 0 Å². The van der Waals surface area contributed by atoms with Crippen molar-refractivity contribution in [2.24, 2.45) is 0 Å². The lowest BCUT2D eigenvalue weighted by atomic mass is 9.99. The third kappa shape index (κ3) is 2.87. The lowest BCUT2D eigenvalue weighted by Crippen LogP contribution is -2.11. The molecule has 31 heavy (non-hydrogen) atoms. The summed E-state index contributed by atoms with van der Waals surface area (Å²) in [5.41, 5.74) is 1.76. The van der Waals surface area contributed by atoms with Gasteiger partial charge >= 0.3 is 11.9 Å². The number of aromatic nitrogens is 4. The highest BCUT2D eigenvalue weighted by Crippen LogP contribution is 2.41. The zero-order chi connectivity index (χ0) is 21.9. The Hall–Kier alpha value is -3.79. The lowest BCUT2D eigenvalue weighted by molar-refractivity contribution is 0.0683. The summed E-state index contributed by atoms with van der Waals surface area (Å²) in [7, 11) is 0. The lowest BCUT2D eigenvalue weighted by Gasteiger charge is -2.11. The van der Waals surface area contributed by atoms with Crippen LogP contribution in [-0.2, 0) is 6.54 Å². The van der Waals surface area contributed by atoms with Crippen molar-refractivity contribution in [1.82, 2.24) is 19.6 Å². The minimum absolute atomic E-state index is 0.00111. The molecule has 0 fully saturated rings. The Balaban J connectivity index is 1.94. The second-order valence-corrected chi connectivity index (χ2v) is 7.87. The second kappa shape index (κ2) is 6.88. The van der Waals surface area contributed by atoms with Crippen LogP contribution < -0.4 is 0 Å². The first kappa shape index (κ1) is 19.2. The second-order valence-electron chi connectivity index (χ2n) is 6.95. The Labute approximate surface area is 182 Å². The molecule has 0 aliphatic carbocycles. The van der Waals surface area contributed by atoms with E-state index in [-0.39, 0.29) is 34.6 Å². The minimum atomic E-state index is -1.31. The molecule has 1 aliphatic heterocycles. The van der Waals surface area contributed by atoms with Gasteiger partial charge in [-0.05, 0) is 41.5 Å². The molecule has 0 saturated heterocycles. The van der Waals surface area contributed by atoms with Crippen LogP contribution in [-0.4, -0.2) is 41.7 Å². The van der Waals surface area contributed by atoms with Crippen LogP contribution in [0.25, 0.3) is 28.2 Å². The van der Waals surface area contributed by atoms with E-state index < -0.39 is 17.8 Å². The summed E-state index contributed by atoms with van der Waals surface area (Å²) in [5.74, 6) is -3.12. The van der Waals surface area contributed by atoms with Gasteiger partial charge in [0, 0.05) is 10.0 Å². The fraction of sp³-hybridized carbons (Fsp3) is 0.0476. The van der Waals surface area contributed by atoms with Gasteiger partial charge in [0.15, 0.2) is 0 Å². The molecular formula is C21H12BrFN4O4. The highest BCUT2D eigenvalue weighted by molar-refractivity contribution is 9.10. The molecule has 0 radical (unpaired) electrons. The van der Waals surface area contributed by atoms with Crippen molar-refractivity contribution in [3.05, 3.63) is 75.8 Å². The zero-order valence-corrected chi connectivity index (χ0v) is 17.2. The topological polar surface area (TPSA) is 110 Å². The maximum atomic E-state index is 13.5. The Kier molecular flexibility index (Phi) is 4.26. The number of hydrogen-bond donors (Lipinski definition) is 2. The first-order valence-corrected chi connectivity index (χ1v) is 9.85. The summed E-state index contributed by atoms with van der Waals surface area (Å²) < 4.78 is 17.2. The van der Waals surface area contributed by atoms with Gasteiger partial charge in [0.2, 0.25) is 0 Å². The van der Waals surface area contributed by atoms with Crippen LogP contribution in [0.1, 0.15) is 26.4 Å². The molecule has 0 unspecified atom stereocenters. The summed E-state index contributed by atoms with van der Waals surface area (Å²) in [6, 6.07) is 10.5. The van der Waals surface area contributed by atoms with E-state index in [0.717, 1.165) is 22.2 Å². The van der Waals surface area contributed by atoms with Crippen molar-refractivity contribution in [3.63, 3.8) is 0 Å². The predicted octanol–water partition coefficient (Wildman–Crippen LogP) is 4.06.